The summed E-state index contributed by atoms with van der Waals surface area (Å²) in [6, 6.07) is 5.09. The third-order valence-corrected chi connectivity index (χ3v) is 4.34. The molecule has 7 nitrogen and oxygen atoms in total. The number of benzene rings is 1. The second-order valence-electron chi connectivity index (χ2n) is 5.57. The fraction of sp³-hybridized carbons (Fsp3) is 0.375. The van der Waals surface area contributed by atoms with Gasteiger partial charge in [0, 0.05) is 42.6 Å². The SMILES string of the molecule is COC(=O)C1CCN(c2ccc([N+](=O)[O-])c3cnccc23)CC1. The molecule has 2 aromatic rings. The quantitative estimate of drug-likeness (QED) is 0.491. The van der Waals surface area contributed by atoms with Crippen LogP contribution in [-0.4, -0.2) is 36.1 Å². The number of anilines is 1. The van der Waals surface area contributed by atoms with Crippen LogP contribution in [0.1, 0.15) is 12.8 Å². The first-order valence-corrected chi connectivity index (χ1v) is 7.45. The van der Waals surface area contributed by atoms with Crippen LogP contribution in [0.2, 0.25) is 0 Å². The van der Waals surface area contributed by atoms with Crippen molar-refractivity contribution in [3.63, 3.8) is 0 Å². The van der Waals surface area contributed by atoms with Crippen LogP contribution < -0.4 is 4.90 Å². The lowest BCUT2D eigenvalue weighted by atomic mass is 9.96. The molecule has 0 amide bonds. The summed E-state index contributed by atoms with van der Waals surface area (Å²) < 4.78 is 4.80. The molecular formula is C16H17N3O4. The number of nitro groups is 1. The van der Waals surface area contributed by atoms with E-state index >= 15 is 0 Å². The van der Waals surface area contributed by atoms with Crippen molar-refractivity contribution in [2.45, 2.75) is 12.8 Å². The second-order valence-corrected chi connectivity index (χ2v) is 5.57. The maximum Gasteiger partial charge on any atom is 0.308 e. The van der Waals surface area contributed by atoms with E-state index in [4.69, 9.17) is 4.74 Å². The number of nitro benzene ring substituents is 1. The van der Waals surface area contributed by atoms with Crippen LogP contribution in [0.4, 0.5) is 11.4 Å². The molecule has 1 saturated heterocycles. The number of piperidine rings is 1. The van der Waals surface area contributed by atoms with Gasteiger partial charge in [0.05, 0.1) is 23.3 Å². The molecular weight excluding hydrogens is 298 g/mol. The number of rotatable bonds is 3. The van der Waals surface area contributed by atoms with Crippen LogP contribution in [-0.2, 0) is 9.53 Å². The third kappa shape index (κ3) is 2.81. The molecule has 0 N–H and O–H groups in total. The topological polar surface area (TPSA) is 85.6 Å². The van der Waals surface area contributed by atoms with Gasteiger partial charge in [-0.15, -0.1) is 0 Å². The molecule has 1 aliphatic heterocycles. The molecule has 3 rings (SSSR count). The highest BCUT2D eigenvalue weighted by Crippen LogP contribution is 2.34. The van der Waals surface area contributed by atoms with E-state index in [1.54, 1.807) is 18.3 Å². The van der Waals surface area contributed by atoms with Crippen molar-refractivity contribution in [1.82, 2.24) is 4.98 Å². The van der Waals surface area contributed by atoms with Crippen LogP contribution >= 0.6 is 0 Å². The maximum atomic E-state index is 11.6. The zero-order valence-electron chi connectivity index (χ0n) is 12.8. The van der Waals surface area contributed by atoms with Crippen LogP contribution in [0, 0.1) is 16.0 Å². The number of esters is 1. The number of aromatic nitrogens is 1. The molecule has 7 heteroatoms. The molecule has 0 aliphatic carbocycles. The van der Waals surface area contributed by atoms with Crippen molar-refractivity contribution in [3.05, 3.63) is 40.7 Å². The summed E-state index contributed by atoms with van der Waals surface area (Å²) in [7, 11) is 1.41. The van der Waals surface area contributed by atoms with Gasteiger partial charge < -0.3 is 9.64 Å². The number of non-ortho nitro benzene ring substituents is 1. The molecule has 2 heterocycles. The highest BCUT2D eigenvalue weighted by Gasteiger charge is 2.27. The second kappa shape index (κ2) is 6.20. The van der Waals surface area contributed by atoms with E-state index in [1.165, 1.54) is 19.4 Å². The number of nitrogens with zero attached hydrogens (tertiary/aromatic N) is 3. The van der Waals surface area contributed by atoms with Gasteiger partial charge in [-0.3, -0.25) is 19.9 Å². The Labute approximate surface area is 133 Å². The minimum absolute atomic E-state index is 0.0568. The van der Waals surface area contributed by atoms with E-state index in [-0.39, 0.29) is 17.6 Å². The highest BCUT2D eigenvalue weighted by atomic mass is 16.6. The Morgan fingerprint density at radius 2 is 2.04 bits per heavy atom. The lowest BCUT2D eigenvalue weighted by Gasteiger charge is -2.33. The van der Waals surface area contributed by atoms with Gasteiger partial charge in [-0.1, -0.05) is 0 Å². The zero-order valence-corrected chi connectivity index (χ0v) is 12.8. The van der Waals surface area contributed by atoms with Gasteiger partial charge >= 0.3 is 5.97 Å². The molecule has 120 valence electrons. The van der Waals surface area contributed by atoms with Crippen LogP contribution in [0.15, 0.2) is 30.6 Å². The van der Waals surface area contributed by atoms with Gasteiger partial charge in [-0.25, -0.2) is 0 Å². The lowest BCUT2D eigenvalue weighted by Crippen LogP contribution is -2.36. The van der Waals surface area contributed by atoms with E-state index in [9.17, 15) is 14.9 Å². The first kappa shape index (κ1) is 15.2. The molecule has 0 atom stereocenters. The lowest BCUT2D eigenvalue weighted by molar-refractivity contribution is -0.383. The number of hydrogen-bond acceptors (Lipinski definition) is 6. The molecule has 1 fully saturated rings. The van der Waals surface area contributed by atoms with Gasteiger partial charge in [0.15, 0.2) is 0 Å². The van der Waals surface area contributed by atoms with Crippen LogP contribution in [0.3, 0.4) is 0 Å². The number of pyridine rings is 1. The van der Waals surface area contributed by atoms with Crippen molar-refractivity contribution < 1.29 is 14.5 Å². The van der Waals surface area contributed by atoms with Gasteiger partial charge in [-0.2, -0.15) is 0 Å². The Morgan fingerprint density at radius 1 is 1.30 bits per heavy atom. The Balaban J connectivity index is 1.91. The van der Waals surface area contributed by atoms with Crippen molar-refractivity contribution in [2.75, 3.05) is 25.1 Å². The van der Waals surface area contributed by atoms with Gasteiger partial charge in [0.2, 0.25) is 0 Å². The maximum absolute atomic E-state index is 11.6. The fourth-order valence-electron chi connectivity index (χ4n) is 3.12. The van der Waals surface area contributed by atoms with E-state index < -0.39 is 4.92 Å². The Morgan fingerprint density at radius 3 is 2.70 bits per heavy atom. The van der Waals surface area contributed by atoms with Gasteiger partial charge in [0.25, 0.3) is 5.69 Å². The number of hydrogen-bond donors (Lipinski definition) is 0. The molecule has 0 unspecified atom stereocenters. The third-order valence-electron chi connectivity index (χ3n) is 4.34. The summed E-state index contributed by atoms with van der Waals surface area (Å²) in [6.07, 6.45) is 4.60. The van der Waals surface area contributed by atoms with Gasteiger partial charge in [0.1, 0.15) is 0 Å². The minimum Gasteiger partial charge on any atom is -0.469 e. The summed E-state index contributed by atoms with van der Waals surface area (Å²) in [5, 5.41) is 12.5. The number of ether oxygens (including phenoxy) is 1. The molecule has 1 aliphatic rings. The summed E-state index contributed by atoms with van der Waals surface area (Å²) in [5.41, 5.74) is 0.998. The minimum atomic E-state index is -0.392. The first-order chi connectivity index (χ1) is 11.1. The Bertz CT molecular complexity index is 754. The predicted molar refractivity (Wildman–Crippen MR) is 85.4 cm³/mol. The van der Waals surface area contributed by atoms with Crippen LogP contribution in [0.5, 0.6) is 0 Å². The molecule has 1 aromatic carbocycles. The molecule has 0 radical (unpaired) electrons. The smallest absolute Gasteiger partial charge is 0.308 e. The fourth-order valence-corrected chi connectivity index (χ4v) is 3.12. The molecule has 23 heavy (non-hydrogen) atoms. The number of carbonyl (C=O) groups excluding carboxylic acids is 1. The van der Waals surface area contributed by atoms with E-state index in [0.717, 1.165) is 37.0 Å². The molecule has 1 aromatic heterocycles. The zero-order chi connectivity index (χ0) is 16.4. The summed E-state index contributed by atoms with van der Waals surface area (Å²) in [4.78, 5) is 28.6. The molecule has 0 spiro atoms. The molecule has 0 bridgehead atoms. The van der Waals surface area contributed by atoms with E-state index in [2.05, 4.69) is 9.88 Å². The molecule has 0 saturated carbocycles. The van der Waals surface area contributed by atoms with Crippen molar-refractivity contribution in [3.8, 4) is 0 Å². The Kier molecular flexibility index (Phi) is 4.10. The summed E-state index contributed by atoms with van der Waals surface area (Å²) in [6.45, 7) is 1.43. The standard InChI is InChI=1S/C16H17N3O4/c1-23-16(20)11-5-8-18(9-6-11)14-2-3-15(19(21)22)13-10-17-7-4-12(13)14/h2-4,7,10-11H,5-6,8-9H2,1H3. The van der Waals surface area contributed by atoms with Crippen molar-refractivity contribution in [1.29, 1.82) is 0 Å². The van der Waals surface area contributed by atoms with Crippen molar-refractivity contribution in [2.24, 2.45) is 5.92 Å². The monoisotopic (exact) mass is 315 g/mol. The largest absolute Gasteiger partial charge is 0.469 e. The average Bonchev–Trinajstić information content (AvgIpc) is 2.60. The summed E-state index contributed by atoms with van der Waals surface area (Å²) in [5.74, 6) is -0.232. The number of carbonyl (C=O) groups is 1. The van der Waals surface area contributed by atoms with E-state index in [1.807, 2.05) is 0 Å². The van der Waals surface area contributed by atoms with Crippen LogP contribution in [0.25, 0.3) is 10.8 Å². The highest BCUT2D eigenvalue weighted by molar-refractivity contribution is 5.99. The summed E-state index contributed by atoms with van der Waals surface area (Å²) >= 11 is 0. The predicted octanol–water partition coefficient (Wildman–Crippen LogP) is 2.53. The average molecular weight is 315 g/mol. The number of fused-ring (bicyclic) bond motifs is 1. The normalized spacial score (nSPS) is 15.6. The van der Waals surface area contributed by atoms with Gasteiger partial charge in [-0.05, 0) is 25.0 Å². The van der Waals surface area contributed by atoms with E-state index in [0.29, 0.717) is 5.39 Å². The van der Waals surface area contributed by atoms with Crippen molar-refractivity contribution >= 4 is 28.1 Å². The number of methoxy groups -OCH3 is 1. The Hall–Kier alpha value is -2.70. The first-order valence-electron chi connectivity index (χ1n) is 7.45.